The Morgan fingerprint density at radius 3 is 2.56 bits per heavy atom. The van der Waals surface area contributed by atoms with E-state index in [4.69, 9.17) is 4.74 Å². The minimum atomic E-state index is -0.292. The molecule has 0 heterocycles. The Balaban J connectivity index is 2.74. The molecule has 1 aromatic rings. The third-order valence-electron chi connectivity index (χ3n) is 2.33. The van der Waals surface area contributed by atoms with Gasteiger partial charge in [0, 0.05) is 5.71 Å². The van der Waals surface area contributed by atoms with Crippen LogP contribution in [-0.4, -0.2) is 18.3 Å². The first-order valence-corrected chi connectivity index (χ1v) is 5.42. The van der Waals surface area contributed by atoms with Gasteiger partial charge in [0.15, 0.2) is 0 Å². The average molecular weight is 219 g/mol. The molecule has 1 unspecified atom stereocenters. The number of esters is 1. The van der Waals surface area contributed by atoms with Crippen LogP contribution in [0.3, 0.4) is 0 Å². The minimum absolute atomic E-state index is 0.223. The van der Waals surface area contributed by atoms with Crippen molar-refractivity contribution in [3.63, 3.8) is 0 Å². The van der Waals surface area contributed by atoms with Gasteiger partial charge in [0.2, 0.25) is 0 Å². The van der Waals surface area contributed by atoms with E-state index in [2.05, 4.69) is 4.99 Å². The van der Waals surface area contributed by atoms with E-state index in [9.17, 15) is 4.79 Å². The number of hydrogen-bond donors (Lipinski definition) is 0. The molecule has 0 saturated heterocycles. The summed E-state index contributed by atoms with van der Waals surface area (Å²) in [5, 5.41) is 0. The number of rotatable bonds is 4. The number of hydrogen-bond acceptors (Lipinski definition) is 3. The predicted molar refractivity (Wildman–Crippen MR) is 65.0 cm³/mol. The first kappa shape index (κ1) is 12.4. The lowest BCUT2D eigenvalue weighted by atomic mass is 10.1. The fourth-order valence-electron chi connectivity index (χ4n) is 1.24. The second-order valence-electron chi connectivity index (χ2n) is 3.56. The summed E-state index contributed by atoms with van der Waals surface area (Å²) in [5.41, 5.74) is 1.63. The molecule has 0 aliphatic heterocycles. The normalized spacial score (nSPS) is 13.3. The summed E-state index contributed by atoms with van der Waals surface area (Å²) in [4.78, 5) is 15.8. The van der Waals surface area contributed by atoms with Gasteiger partial charge in [-0.1, -0.05) is 18.2 Å². The van der Waals surface area contributed by atoms with E-state index in [1.807, 2.05) is 37.3 Å². The van der Waals surface area contributed by atoms with Gasteiger partial charge in [0.25, 0.3) is 0 Å². The highest BCUT2D eigenvalue weighted by atomic mass is 16.5. The van der Waals surface area contributed by atoms with Crippen LogP contribution in [0, 0.1) is 5.92 Å². The minimum Gasteiger partial charge on any atom is -0.465 e. The average Bonchev–Trinajstić information content (AvgIpc) is 2.29. The molecule has 0 aliphatic carbocycles. The molecular weight excluding hydrogens is 202 g/mol. The summed E-state index contributed by atoms with van der Waals surface area (Å²) in [6.45, 7) is 5.85. The van der Waals surface area contributed by atoms with Crippen molar-refractivity contribution in [2.24, 2.45) is 10.9 Å². The van der Waals surface area contributed by atoms with E-state index in [1.54, 1.807) is 13.8 Å². The Kier molecular flexibility index (Phi) is 4.70. The standard InChI is InChI=1S/C13H17NO2/c1-4-16-13(15)10(2)11(3)14-12-8-6-5-7-9-12/h5-10H,4H2,1-3H3. The summed E-state index contributed by atoms with van der Waals surface area (Å²) in [6, 6.07) is 9.58. The van der Waals surface area contributed by atoms with Crippen LogP contribution in [0.2, 0.25) is 0 Å². The maximum absolute atomic E-state index is 11.5. The van der Waals surface area contributed by atoms with Crippen LogP contribution in [0.4, 0.5) is 5.69 Å². The molecule has 1 aromatic carbocycles. The van der Waals surface area contributed by atoms with Gasteiger partial charge in [-0.25, -0.2) is 0 Å². The number of benzene rings is 1. The van der Waals surface area contributed by atoms with Crippen LogP contribution in [-0.2, 0) is 9.53 Å². The van der Waals surface area contributed by atoms with E-state index >= 15 is 0 Å². The molecular formula is C13H17NO2. The Morgan fingerprint density at radius 1 is 1.38 bits per heavy atom. The highest BCUT2D eigenvalue weighted by Gasteiger charge is 2.16. The molecule has 0 aliphatic rings. The smallest absolute Gasteiger partial charge is 0.314 e. The number of ether oxygens (including phenoxy) is 1. The summed E-state index contributed by atoms with van der Waals surface area (Å²) in [5.74, 6) is -0.514. The molecule has 1 rings (SSSR count). The van der Waals surface area contributed by atoms with Gasteiger partial charge in [-0.15, -0.1) is 0 Å². The largest absolute Gasteiger partial charge is 0.465 e. The van der Waals surface area contributed by atoms with Gasteiger partial charge in [0.05, 0.1) is 18.2 Å². The highest BCUT2D eigenvalue weighted by molar-refractivity contribution is 6.01. The highest BCUT2D eigenvalue weighted by Crippen LogP contribution is 2.13. The van der Waals surface area contributed by atoms with Gasteiger partial charge >= 0.3 is 5.97 Å². The lowest BCUT2D eigenvalue weighted by Gasteiger charge is -2.09. The molecule has 86 valence electrons. The number of carbonyl (C=O) groups is 1. The first-order valence-electron chi connectivity index (χ1n) is 5.42. The molecule has 3 nitrogen and oxygen atoms in total. The molecule has 0 N–H and O–H groups in total. The number of nitrogens with zero attached hydrogens (tertiary/aromatic N) is 1. The van der Waals surface area contributed by atoms with E-state index in [0.29, 0.717) is 6.61 Å². The summed E-state index contributed by atoms with van der Waals surface area (Å²) in [7, 11) is 0. The molecule has 16 heavy (non-hydrogen) atoms. The van der Waals surface area contributed by atoms with E-state index in [-0.39, 0.29) is 11.9 Å². The fraction of sp³-hybridized carbons (Fsp3) is 0.385. The molecule has 1 atom stereocenters. The zero-order valence-electron chi connectivity index (χ0n) is 9.93. The Hall–Kier alpha value is -1.64. The number of aliphatic imine (C=N–C) groups is 1. The molecule has 0 radical (unpaired) electrons. The number of carbonyl (C=O) groups excluding carboxylic acids is 1. The van der Waals surface area contributed by atoms with E-state index in [1.165, 1.54) is 0 Å². The molecule has 0 spiro atoms. The van der Waals surface area contributed by atoms with Crippen molar-refractivity contribution in [1.82, 2.24) is 0 Å². The third-order valence-corrected chi connectivity index (χ3v) is 2.33. The van der Waals surface area contributed by atoms with Crippen molar-refractivity contribution in [1.29, 1.82) is 0 Å². The van der Waals surface area contributed by atoms with Crippen molar-refractivity contribution in [3.8, 4) is 0 Å². The van der Waals surface area contributed by atoms with Gasteiger partial charge < -0.3 is 4.74 Å². The monoisotopic (exact) mass is 219 g/mol. The van der Waals surface area contributed by atoms with Gasteiger partial charge in [-0.2, -0.15) is 0 Å². The van der Waals surface area contributed by atoms with Crippen LogP contribution in [0.15, 0.2) is 35.3 Å². The quantitative estimate of drug-likeness (QED) is 0.576. The maximum atomic E-state index is 11.5. The van der Waals surface area contributed by atoms with Crippen LogP contribution >= 0.6 is 0 Å². The van der Waals surface area contributed by atoms with Gasteiger partial charge in [-0.05, 0) is 32.9 Å². The van der Waals surface area contributed by atoms with E-state index < -0.39 is 0 Å². The third kappa shape index (κ3) is 3.50. The summed E-state index contributed by atoms with van der Waals surface area (Å²) >= 11 is 0. The molecule has 3 heteroatoms. The SMILES string of the molecule is CCOC(=O)C(C)C(C)=Nc1ccccc1. The van der Waals surface area contributed by atoms with Crippen LogP contribution in [0.5, 0.6) is 0 Å². The number of para-hydroxylation sites is 1. The van der Waals surface area contributed by atoms with E-state index in [0.717, 1.165) is 11.4 Å². The molecule has 0 fully saturated rings. The second kappa shape index (κ2) is 6.05. The zero-order chi connectivity index (χ0) is 12.0. The van der Waals surface area contributed by atoms with Gasteiger partial charge in [-0.3, -0.25) is 9.79 Å². The van der Waals surface area contributed by atoms with Crippen molar-refractivity contribution >= 4 is 17.4 Å². The Morgan fingerprint density at radius 2 is 2.00 bits per heavy atom. The molecule has 0 saturated carbocycles. The summed E-state index contributed by atoms with van der Waals surface area (Å²) < 4.78 is 4.94. The lowest BCUT2D eigenvalue weighted by molar-refractivity contribution is -0.145. The molecule has 0 aromatic heterocycles. The first-order chi connectivity index (χ1) is 7.65. The Labute approximate surface area is 96.2 Å². The van der Waals surface area contributed by atoms with Crippen molar-refractivity contribution in [2.75, 3.05) is 6.61 Å². The molecule has 0 bridgehead atoms. The summed E-state index contributed by atoms with van der Waals surface area (Å²) in [6.07, 6.45) is 0. The van der Waals surface area contributed by atoms with Crippen LogP contribution < -0.4 is 0 Å². The van der Waals surface area contributed by atoms with Crippen molar-refractivity contribution in [3.05, 3.63) is 30.3 Å². The van der Waals surface area contributed by atoms with Crippen molar-refractivity contribution in [2.45, 2.75) is 20.8 Å². The topological polar surface area (TPSA) is 38.7 Å². The zero-order valence-corrected chi connectivity index (χ0v) is 9.93. The van der Waals surface area contributed by atoms with Crippen LogP contribution in [0.1, 0.15) is 20.8 Å². The lowest BCUT2D eigenvalue weighted by Crippen LogP contribution is -2.21. The van der Waals surface area contributed by atoms with Crippen LogP contribution in [0.25, 0.3) is 0 Å². The van der Waals surface area contributed by atoms with Gasteiger partial charge in [0.1, 0.15) is 0 Å². The fourth-order valence-corrected chi connectivity index (χ4v) is 1.24. The van der Waals surface area contributed by atoms with Crippen molar-refractivity contribution < 1.29 is 9.53 Å². The Bertz CT molecular complexity index is 371. The second-order valence-corrected chi connectivity index (χ2v) is 3.56. The molecule has 0 amide bonds. The maximum Gasteiger partial charge on any atom is 0.314 e. The predicted octanol–water partition coefficient (Wildman–Crippen LogP) is 2.98.